The molecule has 0 saturated carbocycles. The van der Waals surface area contributed by atoms with Gasteiger partial charge in [0.05, 0.1) is 33.2 Å². The highest BCUT2D eigenvalue weighted by atomic mass is 79.9. The monoisotopic (exact) mass is 627 g/mol. The standard InChI is InChI=1S/C26H31BrN9O3P/c1-34(2)11-12-35(3)20-14-22(39-4)19(13-21(20)36(37)38)32-26-30-15-16(27)25(33-26)31-18-8-7-17-23(24(18)40(5)6)29-10-9-28-17/h7-10,13-15H,11-12H2,1-6H3,(H2,30,31,32,33). The molecule has 0 spiro atoms. The van der Waals surface area contributed by atoms with Gasteiger partial charge in [0, 0.05) is 61.9 Å². The topological polar surface area (TPSA) is 134 Å². The fourth-order valence-electron chi connectivity index (χ4n) is 4.09. The SMILES string of the molecule is COc1cc(N(C)CCN(C)C)c([N+](=O)[O-])cc1Nc1ncc(Br)c(Nc2ccc3nccnc3c2P(C)C)n1. The molecule has 2 aromatic heterocycles. The van der Waals surface area contributed by atoms with Crippen molar-refractivity contribution >= 4 is 74.7 Å². The average Bonchev–Trinajstić information content (AvgIpc) is 2.92. The van der Waals surface area contributed by atoms with Crippen molar-refractivity contribution in [3.8, 4) is 5.75 Å². The molecule has 0 unspecified atom stereocenters. The number of aromatic nitrogens is 4. The van der Waals surface area contributed by atoms with Crippen molar-refractivity contribution in [1.82, 2.24) is 24.8 Å². The number of benzene rings is 2. The highest BCUT2D eigenvalue weighted by Crippen LogP contribution is 2.39. The Labute approximate surface area is 242 Å². The van der Waals surface area contributed by atoms with Gasteiger partial charge in [0.1, 0.15) is 17.3 Å². The third kappa shape index (κ3) is 6.55. The van der Waals surface area contributed by atoms with Crippen molar-refractivity contribution in [2.75, 3.05) is 70.2 Å². The van der Waals surface area contributed by atoms with E-state index in [0.29, 0.717) is 34.0 Å². The Bertz CT molecular complexity index is 1540. The molecule has 2 N–H and O–H groups in total. The first kappa shape index (κ1) is 29.3. The van der Waals surface area contributed by atoms with Crippen LogP contribution in [0.15, 0.2) is 47.3 Å². The fraction of sp³-hybridized carbons (Fsp3) is 0.308. The van der Waals surface area contributed by atoms with Crippen molar-refractivity contribution in [3.63, 3.8) is 0 Å². The number of fused-ring (bicyclic) bond motifs is 1. The Balaban J connectivity index is 1.68. The quantitative estimate of drug-likeness (QED) is 0.133. The second-order valence-electron chi connectivity index (χ2n) is 9.44. The number of methoxy groups -OCH3 is 1. The number of anilines is 5. The van der Waals surface area contributed by atoms with Crippen LogP contribution in [0.3, 0.4) is 0 Å². The Hall–Kier alpha value is -3.67. The Morgan fingerprint density at radius 3 is 2.48 bits per heavy atom. The van der Waals surface area contributed by atoms with E-state index in [9.17, 15) is 10.1 Å². The molecule has 0 bridgehead atoms. The van der Waals surface area contributed by atoms with E-state index in [1.54, 1.807) is 24.7 Å². The van der Waals surface area contributed by atoms with Gasteiger partial charge in [0.2, 0.25) is 5.95 Å². The summed E-state index contributed by atoms with van der Waals surface area (Å²) in [4.78, 5) is 33.5. The van der Waals surface area contributed by atoms with E-state index in [-0.39, 0.29) is 11.6 Å². The number of nitro benzene ring substituents is 1. The number of halogens is 1. The Morgan fingerprint density at radius 2 is 1.80 bits per heavy atom. The second kappa shape index (κ2) is 12.7. The van der Waals surface area contributed by atoms with E-state index in [0.717, 1.165) is 28.6 Å². The van der Waals surface area contributed by atoms with E-state index >= 15 is 0 Å². The van der Waals surface area contributed by atoms with Gasteiger partial charge in [-0.3, -0.25) is 20.1 Å². The van der Waals surface area contributed by atoms with Gasteiger partial charge in [0.25, 0.3) is 5.69 Å². The minimum absolute atomic E-state index is 0.0545. The predicted molar refractivity (Wildman–Crippen MR) is 166 cm³/mol. The van der Waals surface area contributed by atoms with Gasteiger partial charge in [-0.15, -0.1) is 0 Å². The van der Waals surface area contributed by atoms with Crippen LogP contribution in [-0.2, 0) is 0 Å². The highest BCUT2D eigenvalue weighted by molar-refractivity contribution is 9.10. The first-order chi connectivity index (χ1) is 19.1. The number of nitrogens with one attached hydrogen (secondary N) is 2. The van der Waals surface area contributed by atoms with Crippen LogP contribution in [0.5, 0.6) is 5.75 Å². The van der Waals surface area contributed by atoms with Gasteiger partial charge < -0.3 is 25.2 Å². The maximum absolute atomic E-state index is 12.0. The minimum Gasteiger partial charge on any atom is -0.494 e. The van der Waals surface area contributed by atoms with E-state index in [4.69, 9.17) is 4.74 Å². The summed E-state index contributed by atoms with van der Waals surface area (Å²) in [5, 5.41) is 19.6. The van der Waals surface area contributed by atoms with Gasteiger partial charge in [-0.25, -0.2) is 4.98 Å². The fourth-order valence-corrected chi connectivity index (χ4v) is 5.58. The second-order valence-corrected chi connectivity index (χ2v) is 12.5. The molecule has 0 atom stereocenters. The number of nitrogens with zero attached hydrogens (tertiary/aromatic N) is 7. The largest absolute Gasteiger partial charge is 0.494 e. The number of ether oxygens (including phenoxy) is 1. The van der Waals surface area contributed by atoms with E-state index in [1.165, 1.54) is 13.2 Å². The van der Waals surface area contributed by atoms with Gasteiger partial charge in [-0.05, 0) is 55.5 Å². The smallest absolute Gasteiger partial charge is 0.294 e. The van der Waals surface area contributed by atoms with Crippen LogP contribution in [-0.4, -0.2) is 84.4 Å². The zero-order valence-electron chi connectivity index (χ0n) is 23.1. The molecule has 0 aliphatic rings. The molecule has 0 radical (unpaired) electrons. The molecule has 210 valence electrons. The molecule has 0 fully saturated rings. The van der Waals surface area contributed by atoms with Gasteiger partial charge in [-0.2, -0.15) is 4.98 Å². The lowest BCUT2D eigenvalue weighted by atomic mass is 10.2. The third-order valence-electron chi connectivity index (χ3n) is 6.09. The lowest BCUT2D eigenvalue weighted by Crippen LogP contribution is -2.28. The zero-order chi connectivity index (χ0) is 29.0. The molecule has 0 amide bonds. The molecule has 4 rings (SSSR count). The molecule has 0 saturated heterocycles. The van der Waals surface area contributed by atoms with Crippen LogP contribution >= 0.6 is 23.9 Å². The Kier molecular flexibility index (Phi) is 9.28. The molecule has 2 aromatic carbocycles. The van der Waals surface area contributed by atoms with Gasteiger partial charge in [-0.1, -0.05) is 7.92 Å². The molecule has 12 nitrogen and oxygen atoms in total. The van der Waals surface area contributed by atoms with Crippen molar-refractivity contribution < 1.29 is 9.66 Å². The summed E-state index contributed by atoms with van der Waals surface area (Å²) in [5.41, 5.74) is 3.32. The lowest BCUT2D eigenvalue weighted by molar-refractivity contribution is -0.384. The van der Waals surface area contributed by atoms with E-state index in [2.05, 4.69) is 59.8 Å². The van der Waals surface area contributed by atoms with Gasteiger partial charge in [0.15, 0.2) is 0 Å². The third-order valence-corrected chi connectivity index (χ3v) is 8.02. The van der Waals surface area contributed by atoms with Crippen LogP contribution < -0.4 is 25.6 Å². The van der Waals surface area contributed by atoms with Crippen LogP contribution in [0.1, 0.15) is 0 Å². The van der Waals surface area contributed by atoms with Crippen molar-refractivity contribution in [2.45, 2.75) is 0 Å². The van der Waals surface area contributed by atoms with Crippen molar-refractivity contribution in [1.29, 1.82) is 0 Å². The summed E-state index contributed by atoms with van der Waals surface area (Å²) in [7, 11) is 6.72. The number of hydrogen-bond acceptors (Lipinski definition) is 11. The normalized spacial score (nSPS) is 11.2. The van der Waals surface area contributed by atoms with Crippen LogP contribution in [0.4, 0.5) is 34.5 Å². The summed E-state index contributed by atoms with van der Waals surface area (Å²) in [5.74, 6) is 1.19. The molecule has 40 heavy (non-hydrogen) atoms. The van der Waals surface area contributed by atoms with Crippen LogP contribution in [0.25, 0.3) is 11.0 Å². The molecule has 0 aliphatic heterocycles. The first-order valence-corrected chi connectivity index (χ1v) is 15.3. The molecular formula is C26H31BrN9O3P. The van der Waals surface area contributed by atoms with Crippen LogP contribution in [0.2, 0.25) is 0 Å². The lowest BCUT2D eigenvalue weighted by Gasteiger charge is -2.23. The molecule has 14 heteroatoms. The predicted octanol–water partition coefficient (Wildman–Crippen LogP) is 4.95. The van der Waals surface area contributed by atoms with Gasteiger partial charge >= 0.3 is 0 Å². The first-order valence-electron chi connectivity index (χ1n) is 12.3. The molecular weight excluding hydrogens is 597 g/mol. The number of likely N-dealkylation sites (N-methyl/N-ethyl adjacent to an activating group) is 2. The molecule has 0 aliphatic carbocycles. The van der Waals surface area contributed by atoms with Crippen molar-refractivity contribution in [2.24, 2.45) is 0 Å². The summed E-state index contributed by atoms with van der Waals surface area (Å²) >= 11 is 3.53. The van der Waals surface area contributed by atoms with Crippen molar-refractivity contribution in [3.05, 3.63) is 57.4 Å². The maximum Gasteiger partial charge on any atom is 0.294 e. The number of hydrogen-bond donors (Lipinski definition) is 2. The summed E-state index contributed by atoms with van der Waals surface area (Å²) in [6, 6.07) is 6.98. The summed E-state index contributed by atoms with van der Waals surface area (Å²) in [6.07, 6.45) is 4.98. The number of rotatable bonds is 11. The van der Waals surface area contributed by atoms with Crippen LogP contribution in [0, 0.1) is 10.1 Å². The summed E-state index contributed by atoms with van der Waals surface area (Å²) in [6.45, 7) is 5.66. The highest BCUT2D eigenvalue weighted by Gasteiger charge is 2.23. The zero-order valence-corrected chi connectivity index (χ0v) is 25.6. The average molecular weight is 628 g/mol. The van der Waals surface area contributed by atoms with E-state index < -0.39 is 12.8 Å². The van der Waals surface area contributed by atoms with E-state index in [1.807, 2.05) is 43.1 Å². The maximum atomic E-state index is 12.0. The minimum atomic E-state index is -0.528. The molecule has 4 aromatic rings. The Morgan fingerprint density at radius 1 is 1.05 bits per heavy atom. The summed E-state index contributed by atoms with van der Waals surface area (Å²) < 4.78 is 6.24. The number of nitro groups is 1. The molecule has 2 heterocycles.